The highest BCUT2D eigenvalue weighted by Gasteiger charge is 2.31. The molecule has 1 atom stereocenters. The summed E-state index contributed by atoms with van der Waals surface area (Å²) >= 11 is 0. The number of benzene rings is 2. The number of ether oxygens (including phenoxy) is 4. The molecule has 0 bridgehead atoms. The Kier molecular flexibility index (Phi) is 12.7. The minimum atomic E-state index is -4.53. The minimum absolute atomic E-state index is 0.0317. The molecule has 0 radical (unpaired) electrons. The molecule has 236 valence electrons. The molecule has 12 heteroatoms. The van der Waals surface area contributed by atoms with E-state index < -0.39 is 45.7 Å². The van der Waals surface area contributed by atoms with Crippen molar-refractivity contribution in [2.75, 3.05) is 45.3 Å². The zero-order valence-corrected chi connectivity index (χ0v) is 25.7. The number of carbonyl (C=O) groups excluding carboxylic acids is 3. The van der Waals surface area contributed by atoms with Crippen molar-refractivity contribution in [3.63, 3.8) is 0 Å². The van der Waals surface area contributed by atoms with Gasteiger partial charge in [0.25, 0.3) is 10.1 Å². The maximum atomic E-state index is 12.7. The van der Waals surface area contributed by atoms with Crippen molar-refractivity contribution in [1.29, 1.82) is 0 Å². The van der Waals surface area contributed by atoms with E-state index in [1.54, 1.807) is 20.8 Å². The highest BCUT2D eigenvalue weighted by molar-refractivity contribution is 7.85. The quantitative estimate of drug-likeness (QED) is 0.153. The fourth-order valence-corrected chi connectivity index (χ4v) is 5.56. The topological polar surface area (TPSA) is 155 Å². The number of hydrogen-bond acceptors (Lipinski definition) is 9. The van der Waals surface area contributed by atoms with Crippen molar-refractivity contribution < 1.29 is 46.3 Å². The third kappa shape index (κ3) is 11.7. The summed E-state index contributed by atoms with van der Waals surface area (Å²) < 4.78 is 54.0. The van der Waals surface area contributed by atoms with Gasteiger partial charge in [-0.15, -0.1) is 0 Å². The van der Waals surface area contributed by atoms with Crippen LogP contribution in [0.5, 0.6) is 0 Å². The highest BCUT2D eigenvalue weighted by Crippen LogP contribution is 2.44. The lowest BCUT2D eigenvalue weighted by molar-refractivity contribution is -0.155. The lowest BCUT2D eigenvalue weighted by Crippen LogP contribution is -2.38. The predicted octanol–water partition coefficient (Wildman–Crippen LogP) is 3.51. The molecule has 0 saturated heterocycles. The van der Waals surface area contributed by atoms with E-state index in [9.17, 15) is 27.4 Å². The smallest absolute Gasteiger partial charge is 0.306 e. The monoisotopic (exact) mass is 619 g/mol. The van der Waals surface area contributed by atoms with Gasteiger partial charge in [-0.2, -0.15) is 8.42 Å². The first-order chi connectivity index (χ1) is 20.3. The van der Waals surface area contributed by atoms with E-state index in [1.165, 1.54) is 0 Å². The second-order valence-electron chi connectivity index (χ2n) is 11.3. The van der Waals surface area contributed by atoms with Gasteiger partial charge < -0.3 is 24.3 Å². The van der Waals surface area contributed by atoms with E-state index in [0.717, 1.165) is 22.3 Å². The lowest BCUT2D eigenvalue weighted by atomic mass is 9.98. The predicted molar refractivity (Wildman–Crippen MR) is 159 cm³/mol. The standard InChI is InChI=1S/C31H41NO10S/c1-31(2,3)42-28(33)13-8-15-39-17-18-40-16-14-32-30(35)22(21-43(36,37)38)19-29(34)41-20-27-25-11-6-4-9-23(25)24-10-5-7-12-26(24)27/h4-7,9-12,22,27H,8,13-21H2,1-3H3,(H,32,35)(H,36,37,38)/t22-/m0/s1. The Bertz CT molecular complexity index is 1310. The van der Waals surface area contributed by atoms with E-state index in [0.29, 0.717) is 13.0 Å². The second-order valence-corrected chi connectivity index (χ2v) is 12.8. The third-order valence-corrected chi connectivity index (χ3v) is 7.40. The van der Waals surface area contributed by atoms with Crippen LogP contribution >= 0.6 is 0 Å². The van der Waals surface area contributed by atoms with Crippen LogP contribution in [-0.4, -0.2) is 81.7 Å². The summed E-state index contributed by atoms with van der Waals surface area (Å²) in [6, 6.07) is 15.7. The number of esters is 2. The van der Waals surface area contributed by atoms with E-state index in [1.807, 2.05) is 48.5 Å². The van der Waals surface area contributed by atoms with Crippen LogP contribution in [0.1, 0.15) is 57.1 Å². The minimum Gasteiger partial charge on any atom is -0.465 e. The van der Waals surface area contributed by atoms with Crippen LogP contribution in [0.4, 0.5) is 0 Å². The van der Waals surface area contributed by atoms with Crippen molar-refractivity contribution in [1.82, 2.24) is 5.32 Å². The first kappa shape index (κ1) is 34.2. The molecule has 0 heterocycles. The van der Waals surface area contributed by atoms with Crippen LogP contribution in [0.25, 0.3) is 11.1 Å². The molecule has 1 aliphatic rings. The molecule has 2 aromatic rings. The summed E-state index contributed by atoms with van der Waals surface area (Å²) in [5.74, 6) is -4.18. The van der Waals surface area contributed by atoms with Gasteiger partial charge in [-0.1, -0.05) is 48.5 Å². The largest absolute Gasteiger partial charge is 0.465 e. The van der Waals surface area contributed by atoms with E-state index in [-0.39, 0.29) is 51.3 Å². The van der Waals surface area contributed by atoms with Crippen LogP contribution in [0.15, 0.2) is 48.5 Å². The molecule has 0 spiro atoms. The fraction of sp³-hybridized carbons (Fsp3) is 0.516. The molecule has 11 nitrogen and oxygen atoms in total. The van der Waals surface area contributed by atoms with Gasteiger partial charge in [0, 0.05) is 25.5 Å². The van der Waals surface area contributed by atoms with Crippen molar-refractivity contribution >= 4 is 28.0 Å². The Balaban J connectivity index is 1.37. The Morgan fingerprint density at radius 2 is 1.47 bits per heavy atom. The van der Waals surface area contributed by atoms with Crippen molar-refractivity contribution in [2.24, 2.45) is 5.92 Å². The molecule has 0 unspecified atom stereocenters. The van der Waals surface area contributed by atoms with E-state index in [4.69, 9.17) is 18.9 Å². The molecular weight excluding hydrogens is 578 g/mol. The van der Waals surface area contributed by atoms with Crippen LogP contribution in [0, 0.1) is 5.92 Å². The van der Waals surface area contributed by atoms with Gasteiger partial charge in [0.05, 0.1) is 37.9 Å². The molecule has 1 amide bonds. The first-order valence-corrected chi connectivity index (χ1v) is 15.9. The van der Waals surface area contributed by atoms with Crippen molar-refractivity contribution in [2.45, 2.75) is 51.6 Å². The second kappa shape index (κ2) is 15.9. The van der Waals surface area contributed by atoms with Gasteiger partial charge in [-0.05, 0) is 49.4 Å². The molecule has 2 N–H and O–H groups in total. The summed E-state index contributed by atoms with van der Waals surface area (Å²) in [4.78, 5) is 37.0. The molecule has 0 saturated carbocycles. The summed E-state index contributed by atoms with van der Waals surface area (Å²) in [6.45, 7) is 6.53. The van der Waals surface area contributed by atoms with Gasteiger partial charge in [0.1, 0.15) is 12.2 Å². The number of carbonyl (C=O) groups is 3. The molecular formula is C31H41NO10S. The van der Waals surface area contributed by atoms with Gasteiger partial charge in [0.15, 0.2) is 0 Å². The summed E-state index contributed by atoms with van der Waals surface area (Å²) in [5.41, 5.74) is 3.65. The van der Waals surface area contributed by atoms with E-state index in [2.05, 4.69) is 5.32 Å². The average molecular weight is 620 g/mol. The molecule has 1 aliphatic carbocycles. The van der Waals surface area contributed by atoms with E-state index >= 15 is 0 Å². The average Bonchev–Trinajstić information content (AvgIpc) is 3.24. The van der Waals surface area contributed by atoms with Crippen molar-refractivity contribution in [3.05, 3.63) is 59.7 Å². The normalized spacial score (nSPS) is 13.6. The molecule has 2 aromatic carbocycles. The van der Waals surface area contributed by atoms with Crippen LogP contribution < -0.4 is 5.32 Å². The molecule has 0 aromatic heterocycles. The fourth-order valence-electron chi connectivity index (χ4n) is 4.78. The summed E-state index contributed by atoms with van der Waals surface area (Å²) in [7, 11) is -4.53. The summed E-state index contributed by atoms with van der Waals surface area (Å²) in [6.07, 6.45) is 0.258. The molecule has 43 heavy (non-hydrogen) atoms. The molecule has 0 fully saturated rings. The van der Waals surface area contributed by atoms with Gasteiger partial charge in [-0.25, -0.2) is 0 Å². The molecule has 3 rings (SSSR count). The maximum Gasteiger partial charge on any atom is 0.306 e. The Morgan fingerprint density at radius 1 is 0.884 bits per heavy atom. The lowest BCUT2D eigenvalue weighted by Gasteiger charge is -2.19. The zero-order valence-electron chi connectivity index (χ0n) is 24.9. The van der Waals surface area contributed by atoms with Gasteiger partial charge in [0.2, 0.25) is 5.91 Å². The third-order valence-electron chi connectivity index (χ3n) is 6.58. The Hall–Kier alpha value is -3.32. The maximum absolute atomic E-state index is 12.7. The number of amides is 1. The number of rotatable bonds is 17. The summed E-state index contributed by atoms with van der Waals surface area (Å²) in [5, 5.41) is 2.54. The van der Waals surface area contributed by atoms with Crippen molar-refractivity contribution in [3.8, 4) is 11.1 Å². The van der Waals surface area contributed by atoms with Crippen LogP contribution in [-0.2, 0) is 43.4 Å². The molecule has 0 aliphatic heterocycles. The number of nitrogens with one attached hydrogen (secondary N) is 1. The van der Waals surface area contributed by atoms with Crippen LogP contribution in [0.3, 0.4) is 0 Å². The Morgan fingerprint density at radius 3 is 2.05 bits per heavy atom. The van der Waals surface area contributed by atoms with Gasteiger partial charge >= 0.3 is 11.9 Å². The number of hydrogen-bond donors (Lipinski definition) is 2. The zero-order chi connectivity index (χ0) is 31.5. The van der Waals surface area contributed by atoms with Crippen LogP contribution in [0.2, 0.25) is 0 Å². The number of fused-ring (bicyclic) bond motifs is 3. The SMILES string of the molecule is CC(C)(C)OC(=O)CCCOCCOCCNC(=O)[C@@H](CC(=O)OCC1c2ccccc2-c2ccccc21)CS(=O)(=O)O. The first-order valence-electron chi connectivity index (χ1n) is 14.3. The highest BCUT2D eigenvalue weighted by atomic mass is 32.2. The Labute approximate surface area is 253 Å². The van der Waals surface area contributed by atoms with Gasteiger partial charge in [-0.3, -0.25) is 18.9 Å².